The van der Waals surface area contributed by atoms with Crippen molar-refractivity contribution >= 4 is 49.9 Å². The van der Waals surface area contributed by atoms with Gasteiger partial charge in [-0.25, -0.2) is 0 Å². The highest BCUT2D eigenvalue weighted by Crippen LogP contribution is 2.29. The first kappa shape index (κ1) is 16.6. The molecule has 4 aromatic rings. The Bertz CT molecular complexity index is 1120. The van der Waals surface area contributed by atoms with E-state index in [0.717, 1.165) is 20.7 Å². The van der Waals surface area contributed by atoms with Gasteiger partial charge in [0, 0.05) is 5.69 Å². The molecule has 0 spiro atoms. The molecule has 0 unspecified atom stereocenters. The summed E-state index contributed by atoms with van der Waals surface area (Å²) >= 11 is 2.93. The van der Waals surface area contributed by atoms with Gasteiger partial charge in [0.15, 0.2) is 5.16 Å². The summed E-state index contributed by atoms with van der Waals surface area (Å²) in [5, 5.41) is 20.6. The van der Waals surface area contributed by atoms with E-state index >= 15 is 0 Å². The molecule has 0 aliphatic rings. The highest BCUT2D eigenvalue weighted by molar-refractivity contribution is 7.99. The largest absolute Gasteiger partial charge is 0.325 e. The zero-order valence-electron chi connectivity index (χ0n) is 13.5. The van der Waals surface area contributed by atoms with Crippen molar-refractivity contribution in [1.29, 1.82) is 5.26 Å². The first-order valence-corrected chi connectivity index (χ1v) is 9.66. The predicted molar refractivity (Wildman–Crippen MR) is 103 cm³/mol. The molecule has 2 aromatic heterocycles. The molecule has 2 aromatic carbocycles. The lowest BCUT2D eigenvalue weighted by molar-refractivity contribution is -0.113. The van der Waals surface area contributed by atoms with Gasteiger partial charge >= 0.3 is 0 Å². The van der Waals surface area contributed by atoms with Gasteiger partial charge in [-0.2, -0.15) is 5.26 Å². The molecule has 8 heteroatoms. The van der Waals surface area contributed by atoms with Crippen molar-refractivity contribution in [1.82, 2.24) is 14.6 Å². The van der Waals surface area contributed by atoms with Crippen LogP contribution in [0.15, 0.2) is 53.7 Å². The fourth-order valence-electron chi connectivity index (χ4n) is 2.57. The fourth-order valence-corrected chi connectivity index (χ4v) is 4.34. The Balaban J connectivity index is 1.44. The number of hydrogen-bond acceptors (Lipinski definition) is 6. The first-order valence-electron chi connectivity index (χ1n) is 7.86. The third-order valence-electron chi connectivity index (χ3n) is 3.76. The van der Waals surface area contributed by atoms with Gasteiger partial charge in [-0.05, 0) is 29.8 Å². The molecule has 0 aliphatic heterocycles. The number of nitrogens with zero attached hydrogens (tertiary/aromatic N) is 4. The van der Waals surface area contributed by atoms with Crippen LogP contribution in [0.5, 0.6) is 0 Å². The summed E-state index contributed by atoms with van der Waals surface area (Å²) in [4.78, 5) is 13.0. The second-order valence-electron chi connectivity index (χ2n) is 5.54. The predicted octanol–water partition coefficient (Wildman–Crippen LogP) is 3.74. The monoisotopic (exact) mass is 379 g/mol. The lowest BCUT2D eigenvalue weighted by atomic mass is 10.1. The average Bonchev–Trinajstić information content (AvgIpc) is 3.21. The fraction of sp³-hybridized carbons (Fsp3) is 0.111. The Morgan fingerprint density at radius 3 is 2.81 bits per heavy atom. The van der Waals surface area contributed by atoms with Crippen LogP contribution in [0.25, 0.3) is 15.2 Å². The zero-order valence-corrected chi connectivity index (χ0v) is 15.2. The van der Waals surface area contributed by atoms with Crippen LogP contribution in [0.1, 0.15) is 5.56 Å². The van der Waals surface area contributed by atoms with Gasteiger partial charge < -0.3 is 5.32 Å². The molecule has 0 aliphatic carbocycles. The summed E-state index contributed by atoms with van der Waals surface area (Å²) in [6.45, 7) is 0. The topological polar surface area (TPSA) is 83.1 Å². The number of anilines is 1. The van der Waals surface area contributed by atoms with Crippen molar-refractivity contribution in [3.8, 4) is 6.07 Å². The van der Waals surface area contributed by atoms with E-state index in [4.69, 9.17) is 5.26 Å². The minimum Gasteiger partial charge on any atom is -0.325 e. The lowest BCUT2D eigenvalue weighted by Crippen LogP contribution is -2.14. The normalized spacial score (nSPS) is 10.9. The number of nitrogens with one attached hydrogen (secondary N) is 1. The van der Waals surface area contributed by atoms with E-state index in [-0.39, 0.29) is 11.7 Å². The molecule has 0 saturated carbocycles. The number of fused-ring (bicyclic) bond motifs is 3. The van der Waals surface area contributed by atoms with Crippen LogP contribution < -0.4 is 5.32 Å². The van der Waals surface area contributed by atoms with Crippen LogP contribution in [-0.4, -0.2) is 26.3 Å². The highest BCUT2D eigenvalue weighted by atomic mass is 32.2. The lowest BCUT2D eigenvalue weighted by Gasteiger charge is -2.05. The van der Waals surface area contributed by atoms with Crippen molar-refractivity contribution < 1.29 is 4.79 Å². The molecule has 0 fully saturated rings. The van der Waals surface area contributed by atoms with Crippen LogP contribution in [0.2, 0.25) is 0 Å². The summed E-state index contributed by atoms with van der Waals surface area (Å²) in [5.41, 5.74) is 2.69. The maximum Gasteiger partial charge on any atom is 0.234 e. The molecule has 6 nitrogen and oxygen atoms in total. The van der Waals surface area contributed by atoms with Gasteiger partial charge in [-0.15, -0.1) is 10.2 Å². The van der Waals surface area contributed by atoms with E-state index < -0.39 is 0 Å². The molecule has 4 rings (SSSR count). The number of para-hydroxylation sites is 1. The third-order valence-corrected chi connectivity index (χ3v) is 5.71. The van der Waals surface area contributed by atoms with E-state index in [1.54, 1.807) is 23.5 Å². The smallest absolute Gasteiger partial charge is 0.234 e. The summed E-state index contributed by atoms with van der Waals surface area (Å²) in [7, 11) is 0. The van der Waals surface area contributed by atoms with Gasteiger partial charge in [0.05, 0.1) is 28.5 Å². The number of thioether (sulfide) groups is 1. The molecule has 2 heterocycles. The van der Waals surface area contributed by atoms with Crippen molar-refractivity contribution in [3.63, 3.8) is 0 Å². The molecular weight excluding hydrogens is 366 g/mol. The molecule has 1 amide bonds. The molecule has 0 bridgehead atoms. The van der Waals surface area contributed by atoms with Gasteiger partial charge in [-0.1, -0.05) is 47.4 Å². The van der Waals surface area contributed by atoms with Crippen molar-refractivity contribution in [2.24, 2.45) is 0 Å². The number of hydrogen-bond donors (Lipinski definition) is 1. The second kappa shape index (κ2) is 7.15. The second-order valence-corrected chi connectivity index (χ2v) is 7.49. The van der Waals surface area contributed by atoms with Gasteiger partial charge in [0.1, 0.15) is 0 Å². The molecule has 0 saturated heterocycles. The van der Waals surface area contributed by atoms with Crippen LogP contribution in [0.3, 0.4) is 0 Å². The average molecular weight is 379 g/mol. The number of carbonyl (C=O) groups is 1. The maximum absolute atomic E-state index is 12.2. The maximum atomic E-state index is 12.2. The van der Waals surface area contributed by atoms with Crippen molar-refractivity contribution in [2.45, 2.75) is 11.6 Å². The number of nitriles is 1. The minimum atomic E-state index is -0.112. The van der Waals surface area contributed by atoms with E-state index in [1.165, 1.54) is 11.8 Å². The Hall–Kier alpha value is -2.89. The summed E-state index contributed by atoms with van der Waals surface area (Å²) in [6.07, 6.45) is 0.363. The number of amides is 1. The van der Waals surface area contributed by atoms with Crippen LogP contribution in [0.4, 0.5) is 5.69 Å². The Kier molecular flexibility index (Phi) is 4.56. The summed E-state index contributed by atoms with van der Waals surface area (Å²) in [6, 6.07) is 17.4. The van der Waals surface area contributed by atoms with Crippen molar-refractivity contribution in [3.05, 3.63) is 54.1 Å². The standard InChI is InChI=1S/C18H13N5OS2/c19-10-9-12-5-7-13(8-6-12)20-16(24)11-25-17-21-22-18-23(17)14-3-1-2-4-15(14)26-18/h1-8H,9,11H2,(H,20,24). The highest BCUT2D eigenvalue weighted by Gasteiger charge is 2.14. The van der Waals surface area contributed by atoms with Crippen LogP contribution in [-0.2, 0) is 11.2 Å². The molecule has 0 atom stereocenters. The van der Waals surface area contributed by atoms with Crippen molar-refractivity contribution in [2.75, 3.05) is 11.1 Å². The van der Waals surface area contributed by atoms with E-state index in [9.17, 15) is 4.79 Å². The first-order chi connectivity index (χ1) is 12.7. The summed E-state index contributed by atoms with van der Waals surface area (Å²) in [5.74, 6) is 0.129. The number of benzene rings is 2. The molecule has 128 valence electrons. The Morgan fingerprint density at radius 1 is 1.19 bits per heavy atom. The number of rotatable bonds is 5. The van der Waals surface area contributed by atoms with Gasteiger partial charge in [0.25, 0.3) is 0 Å². The van der Waals surface area contributed by atoms with Gasteiger partial charge in [-0.3, -0.25) is 9.20 Å². The molecule has 26 heavy (non-hydrogen) atoms. The number of thiazole rings is 1. The third kappa shape index (κ3) is 3.27. The van der Waals surface area contributed by atoms with Crippen LogP contribution in [0, 0.1) is 11.3 Å². The quantitative estimate of drug-likeness (QED) is 0.534. The zero-order chi connectivity index (χ0) is 17.9. The van der Waals surface area contributed by atoms with Gasteiger partial charge in [0.2, 0.25) is 10.9 Å². The van der Waals surface area contributed by atoms with E-state index in [1.807, 2.05) is 40.8 Å². The molecule has 0 radical (unpaired) electrons. The molecule has 1 N–H and O–H groups in total. The minimum absolute atomic E-state index is 0.112. The summed E-state index contributed by atoms with van der Waals surface area (Å²) < 4.78 is 3.12. The van der Waals surface area contributed by atoms with E-state index in [0.29, 0.717) is 17.3 Å². The van der Waals surface area contributed by atoms with E-state index in [2.05, 4.69) is 21.6 Å². The Morgan fingerprint density at radius 2 is 2.00 bits per heavy atom. The SMILES string of the molecule is N#CCc1ccc(NC(=O)CSc2nnc3sc4ccccc4n23)cc1. The Labute approximate surface area is 157 Å². The van der Waals surface area contributed by atoms with Crippen LogP contribution >= 0.6 is 23.1 Å². The number of aromatic nitrogens is 3. The number of carbonyl (C=O) groups excluding carboxylic acids is 1. The molecular formula is C18H13N5OS2.